The number of aromatic nitrogens is 1. The minimum atomic E-state index is -0.757. The number of benzene rings is 2. The van der Waals surface area contributed by atoms with Crippen LogP contribution in [0, 0.1) is 17.7 Å². The first kappa shape index (κ1) is 28.6. The van der Waals surface area contributed by atoms with Crippen molar-refractivity contribution in [2.24, 2.45) is 11.8 Å². The molecule has 1 saturated heterocycles. The number of ether oxygens (including phenoxy) is 3. The number of methoxy groups -OCH3 is 2. The fraction of sp³-hybridized carbons (Fsp3) is 0.471. The molecule has 1 unspecified atom stereocenters. The van der Waals surface area contributed by atoms with E-state index in [0.717, 1.165) is 72.3 Å². The van der Waals surface area contributed by atoms with E-state index in [2.05, 4.69) is 41.1 Å². The molecule has 3 atom stereocenters. The lowest BCUT2D eigenvalue weighted by Gasteiger charge is -2.47. The Morgan fingerprint density at radius 1 is 1.14 bits per heavy atom. The van der Waals surface area contributed by atoms with Crippen LogP contribution in [0.25, 0.3) is 11.1 Å². The van der Waals surface area contributed by atoms with Crippen LogP contribution in [0.1, 0.15) is 67.4 Å². The van der Waals surface area contributed by atoms with Gasteiger partial charge in [-0.2, -0.15) is 0 Å². The van der Waals surface area contributed by atoms with Crippen LogP contribution in [0.4, 0.5) is 4.39 Å². The summed E-state index contributed by atoms with van der Waals surface area (Å²) in [5.74, 6) is 0.00194. The number of fused-ring (bicyclic) bond motifs is 1. The Bertz CT molecular complexity index is 1480. The van der Waals surface area contributed by atoms with Gasteiger partial charge >= 0.3 is 5.97 Å². The van der Waals surface area contributed by atoms with Gasteiger partial charge in [-0.05, 0) is 78.3 Å². The van der Waals surface area contributed by atoms with Gasteiger partial charge in [-0.25, -0.2) is 9.37 Å². The Kier molecular flexibility index (Phi) is 7.70. The number of halogens is 1. The molecule has 0 radical (unpaired) electrons. The van der Waals surface area contributed by atoms with Crippen LogP contribution in [-0.4, -0.2) is 53.9 Å². The third-order valence-electron chi connectivity index (χ3n) is 9.31. The van der Waals surface area contributed by atoms with Gasteiger partial charge in [0.2, 0.25) is 5.88 Å². The SMILES string of the molecule is COc1cc(-c2ccc(C3CCc4ccc([C@H](C5CC5)[C@H](C)C(=O)O)cc4O3)cc2CN2CC(C)(OC)C2)c(F)cn1. The summed E-state index contributed by atoms with van der Waals surface area (Å²) in [6.45, 7) is 6.15. The topological polar surface area (TPSA) is 81.1 Å². The quantitative estimate of drug-likeness (QED) is 0.300. The van der Waals surface area contributed by atoms with E-state index in [1.807, 2.05) is 19.1 Å². The minimum absolute atomic E-state index is 0.00998. The van der Waals surface area contributed by atoms with Gasteiger partial charge in [-0.15, -0.1) is 0 Å². The van der Waals surface area contributed by atoms with Crippen LogP contribution in [0.2, 0.25) is 0 Å². The first-order valence-electron chi connectivity index (χ1n) is 14.8. The molecule has 0 bridgehead atoms. The van der Waals surface area contributed by atoms with Crippen molar-refractivity contribution in [3.8, 4) is 22.8 Å². The van der Waals surface area contributed by atoms with E-state index < -0.39 is 17.7 Å². The van der Waals surface area contributed by atoms with Gasteiger partial charge in [0.1, 0.15) is 17.7 Å². The van der Waals surface area contributed by atoms with Crippen molar-refractivity contribution < 1.29 is 28.5 Å². The number of carboxylic acid groups (broad SMARTS) is 1. The molecule has 1 aliphatic carbocycles. The predicted octanol–water partition coefficient (Wildman–Crippen LogP) is 6.40. The third kappa shape index (κ3) is 5.62. The normalized spacial score (nSPS) is 21.0. The smallest absolute Gasteiger partial charge is 0.306 e. The molecular formula is C34H39FN2O5. The predicted molar refractivity (Wildman–Crippen MR) is 157 cm³/mol. The largest absolute Gasteiger partial charge is 0.485 e. The molecule has 1 saturated carbocycles. The molecule has 222 valence electrons. The molecule has 2 aliphatic heterocycles. The molecule has 6 rings (SSSR count). The lowest BCUT2D eigenvalue weighted by molar-refractivity contribution is -0.142. The highest BCUT2D eigenvalue weighted by atomic mass is 19.1. The molecule has 2 fully saturated rings. The number of rotatable bonds is 10. The van der Waals surface area contributed by atoms with E-state index in [-0.39, 0.29) is 17.6 Å². The minimum Gasteiger partial charge on any atom is -0.485 e. The second-order valence-electron chi connectivity index (χ2n) is 12.4. The Balaban J connectivity index is 1.30. The number of nitrogens with zero attached hydrogens (tertiary/aromatic N) is 2. The number of likely N-dealkylation sites (tertiary alicyclic amines) is 1. The van der Waals surface area contributed by atoms with Gasteiger partial charge in [0.05, 0.1) is 24.8 Å². The Morgan fingerprint density at radius 2 is 1.93 bits per heavy atom. The molecule has 0 spiro atoms. The van der Waals surface area contributed by atoms with Crippen LogP contribution < -0.4 is 9.47 Å². The van der Waals surface area contributed by atoms with Crippen molar-refractivity contribution in [1.82, 2.24) is 9.88 Å². The lowest BCUT2D eigenvalue weighted by atomic mass is 9.82. The molecule has 3 heterocycles. The fourth-order valence-corrected chi connectivity index (χ4v) is 6.73. The second-order valence-corrected chi connectivity index (χ2v) is 12.4. The van der Waals surface area contributed by atoms with Gasteiger partial charge in [0.25, 0.3) is 0 Å². The first-order valence-corrected chi connectivity index (χ1v) is 14.8. The maximum Gasteiger partial charge on any atom is 0.306 e. The van der Waals surface area contributed by atoms with Crippen LogP contribution in [0.5, 0.6) is 11.6 Å². The number of pyridine rings is 1. The van der Waals surface area contributed by atoms with E-state index in [1.54, 1.807) is 13.2 Å². The summed E-state index contributed by atoms with van der Waals surface area (Å²) >= 11 is 0. The van der Waals surface area contributed by atoms with E-state index >= 15 is 4.39 Å². The van der Waals surface area contributed by atoms with Crippen molar-refractivity contribution in [3.05, 3.63) is 76.7 Å². The number of aliphatic carboxylic acids is 1. The van der Waals surface area contributed by atoms with E-state index in [0.29, 0.717) is 23.9 Å². The molecule has 1 aromatic heterocycles. The first-order chi connectivity index (χ1) is 20.2. The van der Waals surface area contributed by atoms with Crippen LogP contribution in [-0.2, 0) is 22.5 Å². The fourth-order valence-electron chi connectivity index (χ4n) is 6.73. The summed E-state index contributed by atoms with van der Waals surface area (Å²) in [7, 11) is 3.26. The zero-order valence-electron chi connectivity index (χ0n) is 24.7. The van der Waals surface area contributed by atoms with Crippen LogP contribution in [0.15, 0.2) is 48.7 Å². The standard InChI is InChI=1S/C34H39FN2O5/c1-20(33(38)39)32(22-6-7-22)24-8-5-21-10-12-29(42-30(21)14-24)23-9-11-26(27-15-31(40-3)36-16-28(27)35)25(13-23)17-37-18-34(2,19-37)41-4/h5,8-9,11,13-16,20,22,29,32H,6-7,10,12,17-19H2,1-4H3,(H,38,39)/t20-,29?,32-/m0/s1. The van der Waals surface area contributed by atoms with E-state index in [1.165, 1.54) is 13.3 Å². The highest BCUT2D eigenvalue weighted by Gasteiger charge is 2.40. The van der Waals surface area contributed by atoms with Gasteiger partial charge in [-0.1, -0.05) is 37.3 Å². The van der Waals surface area contributed by atoms with Crippen molar-refractivity contribution in [3.63, 3.8) is 0 Å². The summed E-state index contributed by atoms with van der Waals surface area (Å²) in [5, 5.41) is 9.75. The van der Waals surface area contributed by atoms with E-state index in [9.17, 15) is 9.90 Å². The van der Waals surface area contributed by atoms with E-state index in [4.69, 9.17) is 14.2 Å². The van der Waals surface area contributed by atoms with Gasteiger partial charge in [0, 0.05) is 38.4 Å². The highest BCUT2D eigenvalue weighted by molar-refractivity contribution is 5.71. The zero-order valence-corrected chi connectivity index (χ0v) is 24.7. The molecule has 0 amide bonds. The number of carbonyl (C=O) groups is 1. The third-order valence-corrected chi connectivity index (χ3v) is 9.31. The number of hydrogen-bond donors (Lipinski definition) is 1. The highest BCUT2D eigenvalue weighted by Crippen LogP contribution is 2.48. The molecule has 3 aromatic rings. The Hall–Kier alpha value is -3.49. The van der Waals surface area contributed by atoms with Gasteiger partial charge < -0.3 is 19.3 Å². The van der Waals surface area contributed by atoms with Crippen molar-refractivity contribution >= 4 is 5.97 Å². The van der Waals surface area contributed by atoms with Gasteiger partial charge in [0.15, 0.2) is 0 Å². The number of aryl methyl sites for hydroxylation is 1. The molecular weight excluding hydrogens is 535 g/mol. The van der Waals surface area contributed by atoms with Crippen molar-refractivity contribution in [2.45, 2.75) is 63.7 Å². The monoisotopic (exact) mass is 574 g/mol. The van der Waals surface area contributed by atoms with Crippen LogP contribution in [0.3, 0.4) is 0 Å². The average Bonchev–Trinajstić information content (AvgIpc) is 3.81. The maximum absolute atomic E-state index is 15.1. The molecule has 3 aliphatic rings. The zero-order chi connectivity index (χ0) is 29.6. The molecule has 2 aromatic carbocycles. The number of carboxylic acids is 1. The summed E-state index contributed by atoms with van der Waals surface area (Å²) in [6, 6.07) is 14.1. The van der Waals surface area contributed by atoms with Crippen molar-refractivity contribution in [2.75, 3.05) is 27.3 Å². The summed E-state index contributed by atoms with van der Waals surface area (Å²) in [6.07, 6.45) is 4.88. The summed E-state index contributed by atoms with van der Waals surface area (Å²) < 4.78 is 32.6. The Labute approximate surface area is 246 Å². The summed E-state index contributed by atoms with van der Waals surface area (Å²) in [4.78, 5) is 18.2. The molecule has 8 heteroatoms. The average molecular weight is 575 g/mol. The number of hydrogen-bond acceptors (Lipinski definition) is 6. The Morgan fingerprint density at radius 3 is 2.62 bits per heavy atom. The van der Waals surface area contributed by atoms with Crippen molar-refractivity contribution in [1.29, 1.82) is 0 Å². The maximum atomic E-state index is 15.1. The van der Waals surface area contributed by atoms with Gasteiger partial charge in [-0.3, -0.25) is 9.69 Å². The van der Waals surface area contributed by atoms with Crippen LogP contribution >= 0.6 is 0 Å². The lowest BCUT2D eigenvalue weighted by Crippen LogP contribution is -2.60. The molecule has 7 nitrogen and oxygen atoms in total. The molecule has 42 heavy (non-hydrogen) atoms. The second kappa shape index (κ2) is 11.3. The molecule has 1 N–H and O–H groups in total. The summed E-state index contributed by atoms with van der Waals surface area (Å²) in [5.41, 5.74) is 5.32.